The number of amides is 2. The Kier molecular flexibility index (Phi) is 7.86. The van der Waals surface area contributed by atoms with Crippen LogP contribution in [-0.2, 0) is 15.3 Å². The van der Waals surface area contributed by atoms with Gasteiger partial charge in [-0.05, 0) is 31.2 Å². The fraction of sp³-hybridized carbons (Fsp3) is 0.294. The Morgan fingerprint density at radius 1 is 1.23 bits per heavy atom. The van der Waals surface area contributed by atoms with Crippen LogP contribution in [0.3, 0.4) is 0 Å². The van der Waals surface area contributed by atoms with E-state index >= 15 is 0 Å². The maximum atomic E-state index is 13.6. The highest BCUT2D eigenvalue weighted by Crippen LogP contribution is 2.25. The van der Waals surface area contributed by atoms with E-state index in [-0.39, 0.29) is 18.2 Å². The smallest absolute Gasteiger partial charge is 0.244 e. The summed E-state index contributed by atoms with van der Waals surface area (Å²) in [6.45, 7) is 1.78. The van der Waals surface area contributed by atoms with Gasteiger partial charge in [0.1, 0.15) is 17.3 Å². The number of hydrogen-bond donors (Lipinski definition) is 1. The Bertz CT molecular complexity index is 766. The number of carbonyl (C=O) groups is 2. The van der Waals surface area contributed by atoms with Crippen molar-refractivity contribution in [2.24, 2.45) is 0 Å². The minimum Gasteiger partial charge on any atom is -0.333 e. The molecule has 0 unspecified atom stereocenters. The van der Waals surface area contributed by atoms with Gasteiger partial charge in [0, 0.05) is 17.2 Å². The van der Waals surface area contributed by atoms with Crippen molar-refractivity contribution in [1.82, 2.24) is 4.90 Å². The molecule has 2 rings (SSSR count). The maximum Gasteiger partial charge on any atom is 0.244 e. The predicted octanol–water partition coefficient (Wildman–Crippen LogP) is 4.40. The molecule has 9 heteroatoms. The zero-order valence-corrected chi connectivity index (χ0v) is 16.3. The van der Waals surface area contributed by atoms with Gasteiger partial charge in [-0.2, -0.15) is 0 Å². The minimum atomic E-state index is -0.863. The summed E-state index contributed by atoms with van der Waals surface area (Å²) >= 11 is 8.73. The van der Waals surface area contributed by atoms with Crippen LogP contribution in [0.4, 0.5) is 14.5 Å². The molecule has 1 N–H and O–H groups in total. The summed E-state index contributed by atoms with van der Waals surface area (Å²) in [5.74, 6) is -1.75. The van der Waals surface area contributed by atoms with E-state index in [0.717, 1.165) is 17.0 Å². The molecular formula is C17H17ClF2N2O2S2. The number of para-hydroxylation sites is 1. The number of anilines is 1. The Balaban J connectivity index is 1.85. The van der Waals surface area contributed by atoms with E-state index in [1.807, 2.05) is 6.07 Å². The first-order chi connectivity index (χ1) is 12.4. The van der Waals surface area contributed by atoms with Crippen LogP contribution in [0.2, 0.25) is 4.34 Å². The van der Waals surface area contributed by atoms with Crippen molar-refractivity contribution >= 4 is 52.2 Å². The molecule has 0 saturated carbocycles. The molecule has 140 valence electrons. The van der Waals surface area contributed by atoms with Gasteiger partial charge in [0.25, 0.3) is 0 Å². The predicted molar refractivity (Wildman–Crippen MR) is 103 cm³/mol. The standard InChI is InChI=1S/C17H17ClF2N2O2S2/c1-2-22(16(24)10-25-9-11-6-7-14(18)26-11)8-15(23)21-17-12(19)4-3-5-13(17)20/h3-7H,2,8-10H2,1H3,(H,21,23). The van der Waals surface area contributed by atoms with Crippen LogP contribution in [-0.4, -0.2) is 35.6 Å². The molecule has 0 spiro atoms. The monoisotopic (exact) mass is 418 g/mol. The van der Waals surface area contributed by atoms with Gasteiger partial charge in [0.15, 0.2) is 0 Å². The van der Waals surface area contributed by atoms with Gasteiger partial charge in [-0.25, -0.2) is 8.78 Å². The van der Waals surface area contributed by atoms with Crippen molar-refractivity contribution in [3.05, 3.63) is 51.2 Å². The van der Waals surface area contributed by atoms with Crippen molar-refractivity contribution in [3.8, 4) is 0 Å². The first-order valence-electron chi connectivity index (χ1n) is 7.74. The SMILES string of the molecule is CCN(CC(=O)Nc1c(F)cccc1F)C(=O)CSCc1ccc(Cl)s1. The third-order valence-electron chi connectivity index (χ3n) is 3.39. The van der Waals surface area contributed by atoms with Gasteiger partial charge in [0.2, 0.25) is 11.8 Å². The summed E-state index contributed by atoms with van der Waals surface area (Å²) in [5.41, 5.74) is -0.509. The first kappa shape index (κ1) is 20.7. The number of rotatable bonds is 8. The fourth-order valence-electron chi connectivity index (χ4n) is 2.11. The van der Waals surface area contributed by atoms with Gasteiger partial charge in [-0.3, -0.25) is 9.59 Å². The molecule has 0 radical (unpaired) electrons. The molecule has 1 aromatic heterocycles. The van der Waals surface area contributed by atoms with E-state index in [1.54, 1.807) is 13.0 Å². The second-order valence-corrected chi connectivity index (χ2v) is 8.04. The molecule has 2 amide bonds. The fourth-order valence-corrected chi connectivity index (χ4v) is 4.23. The van der Waals surface area contributed by atoms with E-state index in [2.05, 4.69) is 5.32 Å². The van der Waals surface area contributed by atoms with Crippen molar-refractivity contribution in [3.63, 3.8) is 0 Å². The summed E-state index contributed by atoms with van der Waals surface area (Å²) in [6.07, 6.45) is 0. The molecular weight excluding hydrogens is 402 g/mol. The maximum absolute atomic E-state index is 13.6. The summed E-state index contributed by atoms with van der Waals surface area (Å²) in [7, 11) is 0. The second-order valence-electron chi connectivity index (χ2n) is 5.25. The Hall–Kier alpha value is -1.64. The molecule has 0 atom stereocenters. The summed E-state index contributed by atoms with van der Waals surface area (Å²) in [5, 5.41) is 2.18. The lowest BCUT2D eigenvalue weighted by atomic mass is 10.3. The van der Waals surface area contributed by atoms with Gasteiger partial charge in [0.05, 0.1) is 16.6 Å². The van der Waals surface area contributed by atoms with Crippen molar-refractivity contribution in [1.29, 1.82) is 0 Å². The molecule has 2 aromatic rings. The number of nitrogens with one attached hydrogen (secondary N) is 1. The molecule has 0 saturated heterocycles. The molecule has 0 bridgehead atoms. The van der Waals surface area contributed by atoms with Gasteiger partial charge < -0.3 is 10.2 Å². The van der Waals surface area contributed by atoms with E-state index in [1.165, 1.54) is 34.1 Å². The van der Waals surface area contributed by atoms with E-state index in [4.69, 9.17) is 11.6 Å². The number of hydrogen-bond acceptors (Lipinski definition) is 4. The second kappa shape index (κ2) is 9.89. The zero-order chi connectivity index (χ0) is 19.1. The number of carbonyl (C=O) groups excluding carboxylic acids is 2. The van der Waals surface area contributed by atoms with Crippen LogP contribution < -0.4 is 5.32 Å². The van der Waals surface area contributed by atoms with E-state index in [0.29, 0.717) is 16.6 Å². The van der Waals surface area contributed by atoms with Crippen LogP contribution in [0.25, 0.3) is 0 Å². The van der Waals surface area contributed by atoms with Crippen LogP contribution >= 0.6 is 34.7 Å². The number of benzene rings is 1. The molecule has 0 fully saturated rings. The number of likely N-dealkylation sites (N-methyl/N-ethyl adjacent to an activating group) is 1. The Labute approximate surface area is 163 Å². The normalized spacial score (nSPS) is 10.6. The summed E-state index contributed by atoms with van der Waals surface area (Å²) in [6, 6.07) is 7.01. The summed E-state index contributed by atoms with van der Waals surface area (Å²) in [4.78, 5) is 26.7. The molecule has 0 aliphatic carbocycles. The number of thioether (sulfide) groups is 1. The lowest BCUT2D eigenvalue weighted by Gasteiger charge is -2.20. The lowest BCUT2D eigenvalue weighted by Crippen LogP contribution is -2.39. The number of nitrogens with zero attached hydrogens (tertiary/aromatic N) is 1. The van der Waals surface area contributed by atoms with Crippen LogP contribution in [0.1, 0.15) is 11.8 Å². The highest BCUT2D eigenvalue weighted by molar-refractivity contribution is 7.99. The average Bonchev–Trinajstić information content (AvgIpc) is 3.01. The highest BCUT2D eigenvalue weighted by atomic mass is 35.5. The van der Waals surface area contributed by atoms with Crippen molar-refractivity contribution in [2.45, 2.75) is 12.7 Å². The number of thiophene rings is 1. The zero-order valence-electron chi connectivity index (χ0n) is 13.9. The lowest BCUT2D eigenvalue weighted by molar-refractivity contribution is -0.132. The molecule has 4 nitrogen and oxygen atoms in total. The third kappa shape index (κ3) is 5.96. The average molecular weight is 419 g/mol. The van der Waals surface area contributed by atoms with Gasteiger partial charge >= 0.3 is 0 Å². The summed E-state index contributed by atoms with van der Waals surface area (Å²) < 4.78 is 27.8. The number of halogens is 3. The third-order valence-corrected chi connectivity index (χ3v) is 5.77. The Morgan fingerprint density at radius 3 is 2.50 bits per heavy atom. The molecule has 0 aliphatic heterocycles. The molecule has 1 aromatic carbocycles. The topological polar surface area (TPSA) is 49.4 Å². The van der Waals surface area contributed by atoms with E-state index < -0.39 is 23.2 Å². The highest BCUT2D eigenvalue weighted by Gasteiger charge is 2.18. The quantitative estimate of drug-likeness (QED) is 0.691. The van der Waals surface area contributed by atoms with Crippen LogP contribution in [0, 0.1) is 11.6 Å². The molecule has 26 heavy (non-hydrogen) atoms. The van der Waals surface area contributed by atoms with Gasteiger partial charge in [-0.15, -0.1) is 23.1 Å². The van der Waals surface area contributed by atoms with Crippen LogP contribution in [0.5, 0.6) is 0 Å². The van der Waals surface area contributed by atoms with Crippen molar-refractivity contribution < 1.29 is 18.4 Å². The first-order valence-corrected chi connectivity index (χ1v) is 10.1. The molecule has 0 aliphatic rings. The minimum absolute atomic E-state index is 0.199. The van der Waals surface area contributed by atoms with E-state index in [9.17, 15) is 18.4 Å². The van der Waals surface area contributed by atoms with Gasteiger partial charge in [-0.1, -0.05) is 17.7 Å². The largest absolute Gasteiger partial charge is 0.333 e. The Morgan fingerprint density at radius 2 is 1.92 bits per heavy atom. The van der Waals surface area contributed by atoms with Crippen molar-refractivity contribution in [2.75, 3.05) is 24.2 Å². The van der Waals surface area contributed by atoms with Crippen LogP contribution in [0.15, 0.2) is 30.3 Å². The molecule has 1 heterocycles.